The van der Waals surface area contributed by atoms with Crippen LogP contribution in [0.5, 0.6) is 0 Å². The van der Waals surface area contributed by atoms with Gasteiger partial charge in [-0.25, -0.2) is 14.2 Å². The summed E-state index contributed by atoms with van der Waals surface area (Å²) in [5.41, 5.74) is 0.711. The third-order valence-electron chi connectivity index (χ3n) is 2.03. The fourth-order valence-corrected chi connectivity index (χ4v) is 1.94. The van der Waals surface area contributed by atoms with Crippen molar-refractivity contribution in [1.29, 1.82) is 0 Å². The van der Waals surface area contributed by atoms with Gasteiger partial charge in [-0.05, 0) is 31.2 Å². The van der Waals surface area contributed by atoms with Crippen LogP contribution < -0.4 is 0 Å². The molecule has 0 aromatic heterocycles. The first kappa shape index (κ1) is 12.1. The van der Waals surface area contributed by atoms with E-state index in [1.165, 1.54) is 12.1 Å². The van der Waals surface area contributed by atoms with Crippen molar-refractivity contribution >= 4 is 23.1 Å². The summed E-state index contributed by atoms with van der Waals surface area (Å²) in [4.78, 5) is 15.4. The minimum Gasteiger partial charge on any atom is -0.463 e. The molecule has 90 valence electrons. The summed E-state index contributed by atoms with van der Waals surface area (Å²) in [6.07, 6.45) is -0.931. The number of carbonyl (C=O) groups is 1. The lowest BCUT2D eigenvalue weighted by Gasteiger charge is -2.03. The zero-order valence-electron chi connectivity index (χ0n) is 9.05. The Morgan fingerprint density at radius 2 is 2.24 bits per heavy atom. The van der Waals surface area contributed by atoms with E-state index in [9.17, 15) is 9.18 Å². The van der Waals surface area contributed by atoms with Crippen LogP contribution in [-0.2, 0) is 13.7 Å². The van der Waals surface area contributed by atoms with Crippen LogP contribution in [0.2, 0.25) is 0 Å². The first-order valence-corrected chi connectivity index (χ1v) is 5.78. The van der Waals surface area contributed by atoms with Crippen molar-refractivity contribution < 1.29 is 18.1 Å². The van der Waals surface area contributed by atoms with Crippen molar-refractivity contribution in [1.82, 2.24) is 0 Å². The number of halogens is 1. The van der Waals surface area contributed by atoms with Crippen molar-refractivity contribution in [3.05, 3.63) is 35.6 Å². The Labute approximate surface area is 102 Å². The molecule has 1 unspecified atom stereocenters. The highest BCUT2D eigenvalue weighted by molar-refractivity contribution is 8.10. The van der Waals surface area contributed by atoms with E-state index in [0.29, 0.717) is 10.6 Å². The molecule has 0 amide bonds. The van der Waals surface area contributed by atoms with Gasteiger partial charge in [0.2, 0.25) is 0 Å². The summed E-state index contributed by atoms with van der Waals surface area (Å²) < 4.78 is 22.6. The van der Waals surface area contributed by atoms with Crippen molar-refractivity contribution in [3.63, 3.8) is 0 Å². The van der Waals surface area contributed by atoms with Gasteiger partial charge in [0.1, 0.15) is 10.9 Å². The van der Waals surface area contributed by atoms with Gasteiger partial charge in [-0.15, -0.1) is 0 Å². The molecule has 6 heteroatoms. The molecule has 4 nitrogen and oxygen atoms in total. The Morgan fingerprint density at radius 1 is 1.53 bits per heavy atom. The van der Waals surface area contributed by atoms with Crippen LogP contribution in [-0.4, -0.2) is 23.8 Å². The van der Waals surface area contributed by atoms with Gasteiger partial charge in [-0.1, -0.05) is 0 Å². The number of ether oxygens (including phenoxy) is 1. The Hall–Kier alpha value is -1.40. The van der Waals surface area contributed by atoms with E-state index >= 15 is 0 Å². The molecule has 0 saturated heterocycles. The zero-order chi connectivity index (χ0) is 12.3. The molecule has 0 spiro atoms. The summed E-state index contributed by atoms with van der Waals surface area (Å²) >= 11 is 0.990. The Bertz CT molecular complexity index is 447. The van der Waals surface area contributed by atoms with E-state index < -0.39 is 12.2 Å². The Kier molecular flexibility index (Phi) is 3.75. The largest absolute Gasteiger partial charge is 0.463 e. The van der Waals surface area contributed by atoms with E-state index in [4.69, 9.17) is 8.92 Å². The van der Waals surface area contributed by atoms with Crippen LogP contribution in [0.25, 0.3) is 0 Å². The maximum atomic E-state index is 12.7. The number of aliphatic imine (C=N–C) groups is 1. The lowest BCUT2D eigenvalue weighted by Crippen LogP contribution is -2.20. The maximum Gasteiger partial charge on any atom is 0.359 e. The fourth-order valence-electron chi connectivity index (χ4n) is 1.26. The number of hydrogen-bond acceptors (Lipinski definition) is 5. The van der Waals surface area contributed by atoms with Gasteiger partial charge in [0.25, 0.3) is 6.23 Å². The summed E-state index contributed by atoms with van der Waals surface area (Å²) in [5.74, 6) is -0.836. The quantitative estimate of drug-likeness (QED) is 0.613. The molecule has 0 radical (unpaired) electrons. The second-order valence-corrected chi connectivity index (χ2v) is 3.97. The van der Waals surface area contributed by atoms with Gasteiger partial charge in [0.15, 0.2) is 0 Å². The summed E-state index contributed by atoms with van der Waals surface area (Å²) in [7, 11) is 0. The van der Waals surface area contributed by atoms with Crippen molar-refractivity contribution in [2.75, 3.05) is 6.61 Å². The zero-order valence-corrected chi connectivity index (χ0v) is 9.87. The summed E-state index contributed by atoms with van der Waals surface area (Å²) in [6.45, 7) is 2.00. The molecule has 1 atom stereocenters. The SMILES string of the molecule is CCOC(=O)C1N=C(c2ccc(F)cc2)SO1. The first-order chi connectivity index (χ1) is 8.20. The monoisotopic (exact) mass is 255 g/mol. The first-order valence-electron chi connectivity index (χ1n) is 5.04. The minimum atomic E-state index is -0.931. The number of hydrogen-bond donors (Lipinski definition) is 0. The van der Waals surface area contributed by atoms with Crippen molar-refractivity contribution in [2.45, 2.75) is 13.2 Å². The number of nitrogens with zero attached hydrogens (tertiary/aromatic N) is 1. The van der Waals surface area contributed by atoms with Crippen LogP contribution in [0.15, 0.2) is 29.3 Å². The molecule has 17 heavy (non-hydrogen) atoms. The Balaban J connectivity index is 2.11. The molecule has 1 heterocycles. The number of esters is 1. The van der Waals surface area contributed by atoms with Crippen LogP contribution in [0, 0.1) is 5.82 Å². The summed E-state index contributed by atoms with van der Waals surface area (Å²) in [6, 6.07) is 5.82. The van der Waals surface area contributed by atoms with Gasteiger partial charge in [-0.3, -0.25) is 4.18 Å². The topological polar surface area (TPSA) is 47.9 Å². The molecule has 1 aliphatic heterocycles. The molecule has 1 aliphatic rings. The minimum absolute atomic E-state index is 0.283. The smallest absolute Gasteiger partial charge is 0.359 e. The van der Waals surface area contributed by atoms with Crippen molar-refractivity contribution in [2.24, 2.45) is 4.99 Å². The second-order valence-electron chi connectivity index (χ2n) is 3.23. The standard InChI is InChI=1S/C11H10FNO3S/c1-2-15-11(14)9-13-10(17-16-9)7-3-5-8(12)6-4-7/h3-6,9H,2H2,1H3. The fraction of sp³-hybridized carbons (Fsp3) is 0.273. The second kappa shape index (κ2) is 5.29. The Morgan fingerprint density at radius 3 is 2.88 bits per heavy atom. The van der Waals surface area contributed by atoms with Crippen LogP contribution in [0.3, 0.4) is 0 Å². The molecule has 0 bridgehead atoms. The predicted molar refractivity (Wildman–Crippen MR) is 62.0 cm³/mol. The highest BCUT2D eigenvalue weighted by Crippen LogP contribution is 2.25. The highest BCUT2D eigenvalue weighted by atomic mass is 32.2. The van der Waals surface area contributed by atoms with Gasteiger partial charge in [0, 0.05) is 5.56 Å². The average Bonchev–Trinajstić information content (AvgIpc) is 2.80. The van der Waals surface area contributed by atoms with E-state index in [1.54, 1.807) is 19.1 Å². The molecule has 0 aliphatic carbocycles. The lowest BCUT2D eigenvalue weighted by molar-refractivity contribution is -0.150. The third kappa shape index (κ3) is 2.83. The molecule has 2 rings (SSSR count). The molecule has 1 aromatic carbocycles. The number of rotatable bonds is 3. The lowest BCUT2D eigenvalue weighted by atomic mass is 10.2. The van der Waals surface area contributed by atoms with Gasteiger partial charge in [0.05, 0.1) is 18.6 Å². The predicted octanol–water partition coefficient (Wildman–Crippen LogP) is 2.14. The van der Waals surface area contributed by atoms with Gasteiger partial charge in [-0.2, -0.15) is 0 Å². The average molecular weight is 255 g/mol. The number of carbonyl (C=O) groups excluding carboxylic acids is 1. The summed E-state index contributed by atoms with van der Waals surface area (Å²) in [5, 5.41) is 0.544. The van der Waals surface area contributed by atoms with Gasteiger partial charge < -0.3 is 4.74 Å². The molecular formula is C11H10FNO3S. The third-order valence-corrected chi connectivity index (χ3v) is 2.81. The van der Waals surface area contributed by atoms with Crippen LogP contribution in [0.1, 0.15) is 12.5 Å². The van der Waals surface area contributed by atoms with Crippen LogP contribution >= 0.6 is 12.0 Å². The molecule has 0 fully saturated rings. The van der Waals surface area contributed by atoms with E-state index in [1.807, 2.05) is 0 Å². The number of benzene rings is 1. The van der Waals surface area contributed by atoms with E-state index in [2.05, 4.69) is 4.99 Å². The highest BCUT2D eigenvalue weighted by Gasteiger charge is 2.28. The van der Waals surface area contributed by atoms with Crippen LogP contribution in [0.4, 0.5) is 4.39 Å². The maximum absolute atomic E-state index is 12.7. The molecule has 0 N–H and O–H groups in total. The molecule has 1 aromatic rings. The molecular weight excluding hydrogens is 245 g/mol. The van der Waals surface area contributed by atoms with Gasteiger partial charge >= 0.3 is 5.97 Å². The van der Waals surface area contributed by atoms with Crippen molar-refractivity contribution in [3.8, 4) is 0 Å². The molecule has 0 saturated carbocycles. The normalized spacial score (nSPS) is 18.9. The van der Waals surface area contributed by atoms with E-state index in [-0.39, 0.29) is 12.4 Å². The van der Waals surface area contributed by atoms with E-state index in [0.717, 1.165) is 12.0 Å².